The van der Waals surface area contributed by atoms with Crippen LogP contribution >= 0.6 is 11.3 Å². The van der Waals surface area contributed by atoms with Gasteiger partial charge in [-0.1, -0.05) is 25.0 Å². The third-order valence-corrected chi connectivity index (χ3v) is 6.84. The maximum atomic E-state index is 12.7. The average molecular weight is 287 g/mol. The summed E-state index contributed by atoms with van der Waals surface area (Å²) < 4.78 is 0. The van der Waals surface area contributed by atoms with Gasteiger partial charge in [-0.15, -0.1) is 11.3 Å². The van der Waals surface area contributed by atoms with E-state index in [2.05, 4.69) is 42.6 Å². The number of carbonyl (C=O) groups is 1. The summed E-state index contributed by atoms with van der Waals surface area (Å²) in [5, 5.41) is 2.15. The highest BCUT2D eigenvalue weighted by Gasteiger charge is 2.68. The lowest BCUT2D eigenvalue weighted by Gasteiger charge is -2.43. The van der Waals surface area contributed by atoms with Gasteiger partial charge < -0.3 is 0 Å². The van der Waals surface area contributed by atoms with E-state index in [4.69, 9.17) is 0 Å². The predicted octanol–water partition coefficient (Wildman–Crippen LogP) is 3.59. The van der Waals surface area contributed by atoms with Crippen LogP contribution in [-0.4, -0.2) is 30.3 Å². The Hall–Kier alpha value is -0.930. The van der Waals surface area contributed by atoms with E-state index in [1.165, 1.54) is 29.7 Å². The average Bonchev–Trinajstić information content (AvgIpc) is 3.09. The fourth-order valence-corrected chi connectivity index (χ4v) is 5.90. The number of thiophene rings is 1. The molecule has 106 valence electrons. The van der Waals surface area contributed by atoms with Gasteiger partial charge in [-0.05, 0) is 49.9 Å². The van der Waals surface area contributed by atoms with Crippen molar-refractivity contribution < 1.29 is 4.79 Å². The summed E-state index contributed by atoms with van der Waals surface area (Å²) in [6.07, 6.45) is 7.85. The van der Waals surface area contributed by atoms with Crippen molar-refractivity contribution in [1.29, 1.82) is 0 Å². The molecule has 2 bridgehead atoms. The van der Waals surface area contributed by atoms with Crippen LogP contribution in [-0.2, 0) is 4.79 Å². The lowest BCUT2D eigenvalue weighted by Crippen LogP contribution is -2.48. The van der Waals surface area contributed by atoms with Gasteiger partial charge in [0, 0.05) is 11.3 Å². The zero-order valence-corrected chi connectivity index (χ0v) is 13.0. The van der Waals surface area contributed by atoms with Crippen LogP contribution in [0.3, 0.4) is 0 Å². The highest BCUT2D eigenvalue weighted by Crippen LogP contribution is 2.66. The molecule has 4 rings (SSSR count). The molecule has 3 atom stereocenters. The molecule has 2 nitrogen and oxygen atoms in total. The molecule has 0 spiro atoms. The van der Waals surface area contributed by atoms with Crippen LogP contribution in [0.25, 0.3) is 5.57 Å². The minimum Gasteiger partial charge on any atom is -0.299 e. The smallest absolute Gasteiger partial charge is 0.145 e. The van der Waals surface area contributed by atoms with Gasteiger partial charge in [-0.2, -0.15) is 0 Å². The summed E-state index contributed by atoms with van der Waals surface area (Å²) in [5.74, 6) is 1.000. The van der Waals surface area contributed by atoms with Crippen molar-refractivity contribution in [1.82, 2.24) is 4.90 Å². The van der Waals surface area contributed by atoms with Crippen molar-refractivity contribution in [3.63, 3.8) is 0 Å². The zero-order chi connectivity index (χ0) is 14.0. The Morgan fingerprint density at radius 1 is 1.35 bits per heavy atom. The van der Waals surface area contributed by atoms with Gasteiger partial charge in [0.15, 0.2) is 0 Å². The highest BCUT2D eigenvalue weighted by atomic mass is 32.1. The Morgan fingerprint density at radius 2 is 2.20 bits per heavy atom. The molecule has 0 amide bonds. The van der Waals surface area contributed by atoms with Crippen LogP contribution < -0.4 is 0 Å². The number of likely N-dealkylation sites (N-methyl/N-ethyl adjacent to an activating group) is 1. The van der Waals surface area contributed by atoms with E-state index < -0.39 is 0 Å². The number of allylic oxidation sites excluding steroid dienone is 1. The van der Waals surface area contributed by atoms with E-state index >= 15 is 0 Å². The quantitative estimate of drug-likeness (QED) is 0.828. The lowest BCUT2D eigenvalue weighted by molar-refractivity contribution is -0.125. The normalized spacial score (nSPS) is 39.2. The number of hydrogen-bond acceptors (Lipinski definition) is 3. The number of nitrogens with zero attached hydrogens (tertiary/aromatic N) is 1. The Labute approximate surface area is 124 Å². The lowest BCUT2D eigenvalue weighted by atomic mass is 9.68. The Bertz CT molecular complexity index is 588. The third-order valence-electron chi connectivity index (χ3n) is 5.93. The molecule has 0 aromatic carbocycles. The van der Waals surface area contributed by atoms with E-state index in [1.807, 2.05) is 11.3 Å². The number of Topliss-reactive ketones (excluding diaryl/α,β-unsaturated/α-hetero) is 1. The summed E-state index contributed by atoms with van der Waals surface area (Å²) in [6.45, 7) is 0. The van der Waals surface area contributed by atoms with Crippen molar-refractivity contribution in [3.8, 4) is 0 Å². The molecular weight excluding hydrogens is 266 g/mol. The number of carbonyl (C=O) groups excluding carboxylic acids is 1. The maximum Gasteiger partial charge on any atom is 0.145 e. The zero-order valence-electron chi connectivity index (χ0n) is 12.2. The minimum absolute atomic E-state index is 0.0393. The molecule has 0 N–H and O–H groups in total. The number of ketones is 1. The standard InChI is InChI=1S/C17H21NOS/c1-18(2)17-11-15(19)16(8-4-3-7-14(16)17)10-12(17)13-6-5-9-20-13/h5-6,9-10,14H,3-4,7-8,11H2,1-2H3/t14-,16-,17-/m0/s1. The van der Waals surface area contributed by atoms with Gasteiger partial charge in [-0.3, -0.25) is 9.69 Å². The summed E-state index contributed by atoms with van der Waals surface area (Å²) in [4.78, 5) is 16.4. The summed E-state index contributed by atoms with van der Waals surface area (Å²) in [5.41, 5.74) is 1.26. The van der Waals surface area contributed by atoms with Crippen molar-refractivity contribution in [2.75, 3.05) is 14.1 Å². The maximum absolute atomic E-state index is 12.7. The fraction of sp³-hybridized carbons (Fsp3) is 0.588. The SMILES string of the molecule is CN(C)[C@@]12CC(=O)[C@]3(C=C1c1cccs1)CCCC[C@@H]32. The van der Waals surface area contributed by atoms with Crippen LogP contribution in [0.4, 0.5) is 0 Å². The topological polar surface area (TPSA) is 20.3 Å². The van der Waals surface area contributed by atoms with Gasteiger partial charge >= 0.3 is 0 Å². The van der Waals surface area contributed by atoms with E-state index in [9.17, 15) is 4.79 Å². The predicted molar refractivity (Wildman–Crippen MR) is 82.7 cm³/mol. The number of hydrogen-bond donors (Lipinski definition) is 0. The van der Waals surface area contributed by atoms with Crippen molar-refractivity contribution in [2.45, 2.75) is 37.6 Å². The van der Waals surface area contributed by atoms with Crippen LogP contribution in [0.15, 0.2) is 23.6 Å². The van der Waals surface area contributed by atoms with Gasteiger partial charge in [0.1, 0.15) is 5.78 Å². The molecule has 3 aliphatic carbocycles. The van der Waals surface area contributed by atoms with Crippen molar-refractivity contribution in [3.05, 3.63) is 28.5 Å². The molecule has 3 aliphatic rings. The van der Waals surface area contributed by atoms with Crippen molar-refractivity contribution >= 4 is 22.7 Å². The molecule has 2 fully saturated rings. The summed E-state index contributed by atoms with van der Waals surface area (Å²) in [7, 11) is 4.31. The molecule has 0 unspecified atom stereocenters. The molecule has 0 saturated heterocycles. The van der Waals surface area contributed by atoms with Gasteiger partial charge in [0.2, 0.25) is 0 Å². The van der Waals surface area contributed by atoms with E-state index in [1.54, 1.807) is 0 Å². The van der Waals surface area contributed by atoms with Gasteiger partial charge in [-0.25, -0.2) is 0 Å². The van der Waals surface area contributed by atoms with E-state index in [0.29, 0.717) is 18.1 Å². The molecule has 2 saturated carbocycles. The van der Waals surface area contributed by atoms with E-state index in [0.717, 1.165) is 6.42 Å². The molecule has 0 radical (unpaired) electrons. The number of rotatable bonds is 2. The second-order valence-electron chi connectivity index (χ2n) is 6.79. The molecule has 1 aromatic heterocycles. The second kappa shape index (κ2) is 4.05. The first-order valence-corrected chi connectivity index (χ1v) is 8.47. The molecule has 1 aromatic rings. The second-order valence-corrected chi connectivity index (χ2v) is 7.74. The molecule has 1 heterocycles. The first kappa shape index (κ1) is 12.8. The highest BCUT2D eigenvalue weighted by molar-refractivity contribution is 7.11. The van der Waals surface area contributed by atoms with Gasteiger partial charge in [0.25, 0.3) is 0 Å². The first-order valence-electron chi connectivity index (χ1n) is 7.59. The molecular formula is C17H21NOS. The minimum atomic E-state index is -0.137. The molecule has 20 heavy (non-hydrogen) atoms. The van der Waals surface area contributed by atoms with Crippen molar-refractivity contribution in [2.24, 2.45) is 11.3 Å². The summed E-state index contributed by atoms with van der Waals surface area (Å²) >= 11 is 1.81. The Kier molecular flexibility index (Phi) is 2.59. The Morgan fingerprint density at radius 3 is 2.90 bits per heavy atom. The summed E-state index contributed by atoms with van der Waals surface area (Å²) in [6, 6.07) is 4.34. The fourth-order valence-electron chi connectivity index (χ4n) is 5.07. The van der Waals surface area contributed by atoms with Gasteiger partial charge in [0.05, 0.1) is 11.0 Å². The first-order chi connectivity index (χ1) is 9.61. The Balaban J connectivity index is 1.94. The largest absolute Gasteiger partial charge is 0.299 e. The monoisotopic (exact) mass is 287 g/mol. The van der Waals surface area contributed by atoms with Crippen LogP contribution in [0, 0.1) is 11.3 Å². The van der Waals surface area contributed by atoms with Crippen LogP contribution in [0.2, 0.25) is 0 Å². The van der Waals surface area contributed by atoms with Crippen LogP contribution in [0.5, 0.6) is 0 Å². The van der Waals surface area contributed by atoms with Crippen LogP contribution in [0.1, 0.15) is 37.0 Å². The van der Waals surface area contributed by atoms with E-state index in [-0.39, 0.29) is 11.0 Å². The molecule has 3 heteroatoms. The third kappa shape index (κ3) is 1.31. The molecule has 0 aliphatic heterocycles.